The smallest absolute Gasteiger partial charge is 0.258 e. The van der Waals surface area contributed by atoms with Crippen LogP contribution in [0, 0.1) is 5.41 Å². The van der Waals surface area contributed by atoms with E-state index >= 15 is 0 Å². The number of hydrogen-bond acceptors (Lipinski definition) is 6. The summed E-state index contributed by atoms with van der Waals surface area (Å²) in [4.78, 5) is 12.3. The van der Waals surface area contributed by atoms with Crippen LogP contribution in [-0.2, 0) is 6.54 Å². The molecule has 0 aliphatic carbocycles. The molecule has 6 nitrogen and oxygen atoms in total. The number of halogens is 3. The molecule has 0 saturated carbocycles. The summed E-state index contributed by atoms with van der Waals surface area (Å²) in [6.07, 6.45) is 1.80. The Morgan fingerprint density at radius 3 is 2.86 bits per heavy atom. The van der Waals surface area contributed by atoms with Crippen LogP contribution in [0.2, 0.25) is 5.02 Å². The van der Waals surface area contributed by atoms with Crippen molar-refractivity contribution in [3.63, 3.8) is 0 Å². The van der Waals surface area contributed by atoms with Gasteiger partial charge in [-0.2, -0.15) is 5.10 Å². The number of fused-ring (bicyclic) bond motifs is 1. The van der Waals surface area contributed by atoms with Crippen LogP contribution in [0.5, 0.6) is 0 Å². The highest BCUT2D eigenvalue weighted by Gasteiger charge is 2.48. The van der Waals surface area contributed by atoms with Crippen molar-refractivity contribution < 1.29 is 8.78 Å². The first kappa shape index (κ1) is 19.0. The van der Waals surface area contributed by atoms with Crippen LogP contribution >= 0.6 is 23.5 Å². The number of anilines is 1. The average Bonchev–Trinajstić information content (AvgIpc) is 3.26. The SMILES string of the molecule is FC(F)Cn1ncc2ncc(N3CCC4(CN(Sc5cccc(Cl)c5)C4)C3)nc21. The molecule has 0 N–H and O–H groups in total. The van der Waals surface area contributed by atoms with Crippen molar-refractivity contribution >= 4 is 40.5 Å². The lowest BCUT2D eigenvalue weighted by atomic mass is 9.81. The monoisotopic (exact) mass is 436 g/mol. The predicted octanol–water partition coefficient (Wildman–Crippen LogP) is 3.96. The third kappa shape index (κ3) is 3.78. The molecule has 2 aromatic heterocycles. The molecule has 3 aromatic rings. The van der Waals surface area contributed by atoms with Crippen LogP contribution in [0.3, 0.4) is 0 Å². The van der Waals surface area contributed by atoms with Gasteiger partial charge in [-0.1, -0.05) is 17.7 Å². The third-order valence-corrected chi connectivity index (χ3v) is 6.68. The fraction of sp³-hybridized carbons (Fsp3) is 0.421. The van der Waals surface area contributed by atoms with Crippen molar-refractivity contribution in [2.75, 3.05) is 31.1 Å². The summed E-state index contributed by atoms with van der Waals surface area (Å²) in [5.41, 5.74) is 1.19. The molecule has 0 unspecified atom stereocenters. The van der Waals surface area contributed by atoms with Gasteiger partial charge in [0.05, 0.1) is 12.4 Å². The van der Waals surface area contributed by atoms with Crippen molar-refractivity contribution in [1.29, 1.82) is 0 Å². The molecule has 0 atom stereocenters. The van der Waals surface area contributed by atoms with Crippen LogP contribution in [-0.4, -0.2) is 56.7 Å². The zero-order valence-corrected chi connectivity index (χ0v) is 17.1. The molecular formula is C19H19ClF2N6S. The van der Waals surface area contributed by atoms with Gasteiger partial charge in [0.1, 0.15) is 17.9 Å². The van der Waals surface area contributed by atoms with Gasteiger partial charge in [0.15, 0.2) is 5.65 Å². The summed E-state index contributed by atoms with van der Waals surface area (Å²) >= 11 is 7.80. The molecule has 10 heteroatoms. The molecule has 0 radical (unpaired) electrons. The Balaban J connectivity index is 1.25. The first-order valence-corrected chi connectivity index (χ1v) is 10.6. The molecule has 0 amide bonds. The van der Waals surface area contributed by atoms with E-state index in [2.05, 4.69) is 30.3 Å². The van der Waals surface area contributed by atoms with Crippen molar-refractivity contribution in [2.45, 2.75) is 24.3 Å². The summed E-state index contributed by atoms with van der Waals surface area (Å²) < 4.78 is 29.1. The Morgan fingerprint density at radius 2 is 2.07 bits per heavy atom. The maximum atomic E-state index is 12.8. The second kappa shape index (κ2) is 7.37. The van der Waals surface area contributed by atoms with Gasteiger partial charge in [-0.25, -0.2) is 27.7 Å². The fourth-order valence-corrected chi connectivity index (χ4v) is 5.63. The number of hydrogen-bond donors (Lipinski definition) is 0. The standard InChI is InChI=1S/C19H19ClF2N6S/c20-13-2-1-3-14(6-13)29-27-11-19(12-27)4-5-26(10-19)17-8-23-15-7-24-28(9-16(21)22)18(15)25-17/h1-3,6-8,16H,4-5,9-12H2. The van der Waals surface area contributed by atoms with E-state index in [9.17, 15) is 8.78 Å². The normalized spacial score (nSPS) is 18.8. The molecule has 2 aliphatic rings. The van der Waals surface area contributed by atoms with Crippen molar-refractivity contribution in [1.82, 2.24) is 24.1 Å². The fourth-order valence-electron chi connectivity index (χ4n) is 4.08. The Morgan fingerprint density at radius 1 is 1.21 bits per heavy atom. The molecule has 2 saturated heterocycles. The minimum atomic E-state index is -2.48. The minimum absolute atomic E-state index is 0.241. The summed E-state index contributed by atoms with van der Waals surface area (Å²) in [7, 11) is 0. The van der Waals surface area contributed by atoms with E-state index in [-0.39, 0.29) is 5.41 Å². The molecule has 2 fully saturated rings. The predicted molar refractivity (Wildman–Crippen MR) is 109 cm³/mol. The number of nitrogens with zero attached hydrogens (tertiary/aromatic N) is 6. The second-order valence-corrected chi connectivity index (χ2v) is 9.28. The maximum absolute atomic E-state index is 12.8. The van der Waals surface area contributed by atoms with Crippen LogP contribution in [0.1, 0.15) is 6.42 Å². The Hall–Kier alpha value is -1.97. The van der Waals surface area contributed by atoms with Gasteiger partial charge >= 0.3 is 0 Å². The molecule has 152 valence electrons. The van der Waals surface area contributed by atoms with E-state index in [1.54, 1.807) is 18.1 Å². The van der Waals surface area contributed by atoms with Gasteiger partial charge in [0.25, 0.3) is 6.43 Å². The number of benzene rings is 1. The zero-order chi connectivity index (χ0) is 20.0. The molecule has 1 aromatic carbocycles. The highest BCUT2D eigenvalue weighted by molar-refractivity contribution is 7.97. The molecular weight excluding hydrogens is 418 g/mol. The van der Waals surface area contributed by atoms with E-state index in [0.29, 0.717) is 11.2 Å². The maximum Gasteiger partial charge on any atom is 0.258 e. The molecule has 1 spiro atoms. The van der Waals surface area contributed by atoms with Gasteiger partial charge in [-0.05, 0) is 36.6 Å². The molecule has 0 bridgehead atoms. The van der Waals surface area contributed by atoms with Gasteiger partial charge in [-0.3, -0.25) is 0 Å². The van der Waals surface area contributed by atoms with Crippen LogP contribution in [0.25, 0.3) is 11.2 Å². The summed E-state index contributed by atoms with van der Waals surface area (Å²) in [6.45, 7) is 3.31. The third-order valence-electron chi connectivity index (χ3n) is 5.46. The quantitative estimate of drug-likeness (QED) is 0.564. The number of alkyl halides is 2. The summed E-state index contributed by atoms with van der Waals surface area (Å²) in [5.74, 6) is 0.728. The topological polar surface area (TPSA) is 50.1 Å². The lowest BCUT2D eigenvalue weighted by Gasteiger charge is -2.47. The molecule has 2 aliphatic heterocycles. The van der Waals surface area contributed by atoms with E-state index in [0.717, 1.165) is 48.3 Å². The first-order chi connectivity index (χ1) is 14.0. The second-order valence-electron chi connectivity index (χ2n) is 7.67. The van der Waals surface area contributed by atoms with Gasteiger partial charge in [-0.15, -0.1) is 0 Å². The minimum Gasteiger partial charge on any atom is -0.355 e. The van der Waals surface area contributed by atoms with E-state index in [1.807, 2.05) is 18.2 Å². The van der Waals surface area contributed by atoms with Crippen LogP contribution in [0.4, 0.5) is 14.6 Å². The summed E-state index contributed by atoms with van der Waals surface area (Å²) in [5, 5.41) is 4.74. The Kier molecular flexibility index (Phi) is 4.84. The van der Waals surface area contributed by atoms with E-state index in [4.69, 9.17) is 11.6 Å². The van der Waals surface area contributed by atoms with Crippen LogP contribution < -0.4 is 4.90 Å². The number of rotatable bonds is 5. The van der Waals surface area contributed by atoms with Crippen molar-refractivity contribution in [2.24, 2.45) is 5.41 Å². The molecule has 5 rings (SSSR count). The largest absolute Gasteiger partial charge is 0.355 e. The lowest BCUT2D eigenvalue weighted by Crippen LogP contribution is -2.54. The van der Waals surface area contributed by atoms with Gasteiger partial charge in [0.2, 0.25) is 0 Å². The zero-order valence-electron chi connectivity index (χ0n) is 15.5. The van der Waals surface area contributed by atoms with Crippen molar-refractivity contribution in [3.05, 3.63) is 41.7 Å². The highest BCUT2D eigenvalue weighted by Crippen LogP contribution is 2.45. The van der Waals surface area contributed by atoms with Crippen LogP contribution in [0.15, 0.2) is 41.6 Å². The average molecular weight is 437 g/mol. The van der Waals surface area contributed by atoms with E-state index in [1.165, 1.54) is 10.9 Å². The number of aromatic nitrogens is 4. The Bertz CT molecular complexity index is 1040. The lowest BCUT2D eigenvalue weighted by molar-refractivity contribution is 0.105. The van der Waals surface area contributed by atoms with Gasteiger partial charge in [0, 0.05) is 41.5 Å². The van der Waals surface area contributed by atoms with E-state index < -0.39 is 13.0 Å². The molecule has 29 heavy (non-hydrogen) atoms. The van der Waals surface area contributed by atoms with Gasteiger partial charge < -0.3 is 4.90 Å². The highest BCUT2D eigenvalue weighted by atomic mass is 35.5. The Labute approximate surface area is 176 Å². The summed E-state index contributed by atoms with van der Waals surface area (Å²) in [6, 6.07) is 7.88. The first-order valence-electron chi connectivity index (χ1n) is 9.40. The van der Waals surface area contributed by atoms with Crippen molar-refractivity contribution in [3.8, 4) is 0 Å². The molecule has 4 heterocycles.